The van der Waals surface area contributed by atoms with Crippen LogP contribution in [0.1, 0.15) is 38.8 Å². The van der Waals surface area contributed by atoms with Crippen LogP contribution < -0.4 is -0.764 Å². The molecule has 5 heteroatoms. The Bertz CT molecular complexity index is 590. The topological polar surface area (TPSA) is 27.7 Å². The van der Waals surface area contributed by atoms with Gasteiger partial charge in [-0.05, 0) is 0 Å². The summed E-state index contributed by atoms with van der Waals surface area (Å²) in [5.74, 6) is 0.395. The Kier molecular flexibility index (Phi) is 7.14. The quantitative estimate of drug-likeness (QED) is 0.449. The molecule has 0 saturated carbocycles. The van der Waals surface area contributed by atoms with E-state index in [9.17, 15) is 0 Å². The van der Waals surface area contributed by atoms with Gasteiger partial charge in [0.05, 0.1) is 0 Å². The van der Waals surface area contributed by atoms with Crippen molar-refractivity contribution >= 4 is 54.8 Å². The van der Waals surface area contributed by atoms with Crippen molar-refractivity contribution in [3.05, 3.63) is 23.3 Å². The van der Waals surface area contributed by atoms with E-state index in [1.807, 2.05) is 0 Å². The Morgan fingerprint density at radius 3 is 2.61 bits per heavy atom. The molecular formula is C18H25O3RaRb. The van der Waals surface area contributed by atoms with Crippen molar-refractivity contribution in [2.45, 2.75) is 59.2 Å². The van der Waals surface area contributed by atoms with E-state index < -0.39 is 0 Å². The molecule has 4 atom stereocenters. The third kappa shape index (κ3) is 4.28. The molecule has 2 aliphatic heterocycles. The van der Waals surface area contributed by atoms with Crippen molar-refractivity contribution < 1.29 is 57.0 Å². The summed E-state index contributed by atoms with van der Waals surface area (Å²) < 4.78 is 22.1. The van der Waals surface area contributed by atoms with Gasteiger partial charge in [-0.3, -0.25) is 0 Å². The van der Waals surface area contributed by atoms with Crippen LogP contribution in [-0.2, 0) is 27.4 Å². The second-order valence-corrected chi connectivity index (χ2v) is 15.0. The zero-order chi connectivity index (χ0) is 16.8. The molecule has 2 aliphatic rings. The number of hydrogen-bond acceptors (Lipinski definition) is 3. The van der Waals surface area contributed by atoms with E-state index in [4.69, 9.17) is 14.2 Å². The first-order valence-electron chi connectivity index (χ1n) is 8.74. The van der Waals surface area contributed by atoms with Crippen LogP contribution in [0.5, 0.6) is 0 Å². The van der Waals surface area contributed by atoms with Crippen molar-refractivity contribution in [3.8, 4) is 0 Å². The van der Waals surface area contributed by atoms with Gasteiger partial charge in [-0.25, -0.2) is 0 Å². The number of ether oxygens (including phenoxy) is 3. The molecule has 23 heavy (non-hydrogen) atoms. The van der Waals surface area contributed by atoms with Crippen molar-refractivity contribution in [2.75, 3.05) is 6.61 Å². The second-order valence-electron chi connectivity index (χ2n) is 7.96. The molecule has 1 aromatic rings. The van der Waals surface area contributed by atoms with Gasteiger partial charge in [0, 0.05) is 0 Å². The Morgan fingerprint density at radius 2 is 1.87 bits per heavy atom. The van der Waals surface area contributed by atoms with Gasteiger partial charge >= 0.3 is 212 Å². The summed E-state index contributed by atoms with van der Waals surface area (Å²) in [6.07, 6.45) is 0.520. The van der Waals surface area contributed by atoms with Crippen molar-refractivity contribution in [3.63, 3.8) is 0 Å². The summed E-state index contributed by atoms with van der Waals surface area (Å²) in [4.78, 5) is 0. The van der Waals surface area contributed by atoms with Crippen molar-refractivity contribution in [2.24, 2.45) is 11.3 Å². The molecule has 0 N–H and O–H groups in total. The van der Waals surface area contributed by atoms with E-state index in [-0.39, 0.29) is 23.7 Å². The van der Waals surface area contributed by atoms with Crippen LogP contribution in [0.3, 0.4) is 0 Å². The zero-order valence-electron chi connectivity index (χ0n) is 15.3. The second kappa shape index (κ2) is 8.17. The van der Waals surface area contributed by atoms with Gasteiger partial charge in [-0.1, -0.05) is 0 Å². The number of hydrogen-bond donors (Lipinski definition) is 0. The van der Waals surface area contributed by atoms with Crippen LogP contribution in [0.25, 0.3) is 0 Å². The van der Waals surface area contributed by atoms with Crippen LogP contribution in [-0.4, -0.2) is 80.5 Å². The van der Waals surface area contributed by atoms with Crippen LogP contribution in [0.4, 0.5) is 0 Å². The Hall–Kier alpha value is 2.37. The average molecular weight is 601 g/mol. The molecule has 118 valence electrons. The van der Waals surface area contributed by atoms with E-state index in [1.165, 1.54) is 11.1 Å². The third-order valence-electron chi connectivity index (χ3n) is 5.92. The van der Waals surface area contributed by atoms with Gasteiger partial charge in [0.1, 0.15) is 0 Å². The summed E-state index contributed by atoms with van der Waals surface area (Å²) in [5, 5.41) is 0. The normalized spacial score (nSPS) is 33.8. The van der Waals surface area contributed by atoms with E-state index >= 15 is 0 Å². The molecule has 1 saturated heterocycles. The van der Waals surface area contributed by atoms with E-state index in [0.29, 0.717) is 124 Å². The van der Waals surface area contributed by atoms with Gasteiger partial charge < -0.3 is 0 Å². The molecule has 0 amide bonds. The first kappa shape index (κ1) is 20.1. The van der Waals surface area contributed by atoms with Crippen LogP contribution in [0, 0.1) is 54.1 Å². The third-order valence-corrected chi connectivity index (χ3v) is 23.1. The molecule has 0 aliphatic carbocycles. The minimum atomic E-state index is -0.0279. The molecule has 2 heterocycles. The summed E-state index contributed by atoms with van der Waals surface area (Å²) in [6.45, 7) is 11.0. The number of fused-ring (bicyclic) bond motifs is 3. The molecule has 0 aromatic heterocycles. The molecule has 1 fully saturated rings. The summed E-state index contributed by atoms with van der Waals surface area (Å²) in [7, 11) is 0. The molecule has 2 bridgehead atoms. The monoisotopic (exact) mass is 600 g/mol. The summed E-state index contributed by atoms with van der Waals surface area (Å²) in [6, 6.07) is 4.80. The van der Waals surface area contributed by atoms with E-state index in [2.05, 4.69) is 39.8 Å². The molecule has 0 radical (unpaired) electrons. The van der Waals surface area contributed by atoms with Crippen molar-refractivity contribution in [1.82, 2.24) is 0 Å². The summed E-state index contributed by atoms with van der Waals surface area (Å²) in [5.41, 5.74) is 2.65. The first-order valence-corrected chi connectivity index (χ1v) is 15.3. The minimum absolute atomic E-state index is 0.0279. The Morgan fingerprint density at radius 1 is 1.17 bits per heavy atom. The fourth-order valence-corrected chi connectivity index (χ4v) is 7.18. The van der Waals surface area contributed by atoms with Crippen LogP contribution >= 0.6 is 0 Å². The van der Waals surface area contributed by atoms with Gasteiger partial charge in [-0.2, -0.15) is 0 Å². The van der Waals surface area contributed by atoms with E-state index in [0.717, 1.165) is 0 Å². The fraction of sp³-hybridized carbons (Fsp3) is 0.667. The predicted molar refractivity (Wildman–Crippen MR) is 88.4 cm³/mol. The molecule has 3 rings (SSSR count). The maximum atomic E-state index is 6.52. The van der Waals surface area contributed by atoms with Crippen LogP contribution in [0.15, 0.2) is 12.1 Å². The van der Waals surface area contributed by atoms with Gasteiger partial charge in [0.25, 0.3) is 0 Å². The SMILES string of the molecule is CC1[C@H](C)OC2COCc3c[c]([RaH])[c]([Rb])cc3CO[C@@H]1C2(C)C. The van der Waals surface area contributed by atoms with Crippen LogP contribution in [0.2, 0.25) is 0 Å². The number of rotatable bonds is 0. The number of benzene rings is 1. The maximum absolute atomic E-state index is 6.52. The Balaban J connectivity index is 1.95. The average Bonchev–Trinajstić information content (AvgIpc) is 2.47. The van der Waals surface area contributed by atoms with E-state index in [1.54, 1.807) is -0.764 Å². The zero-order valence-corrected chi connectivity index (χ0v) is 28.4. The Labute approximate surface area is 208 Å². The standard InChI is InChI=1S/C18H24O3.Ra.Rb.H/c1-12-13(2)21-16-11-19-9-14-7-5-6-8-15(14)10-20-17(12)18(16,3)4;;;/h7-8,12-13,16-17H,9-11H2,1-4H3;;;/t12?,13-,16?,17-;;;/m0.../s1. The molecular weight excluding hydrogens is 576 g/mol. The van der Waals surface area contributed by atoms with Gasteiger partial charge in [0.2, 0.25) is 0 Å². The van der Waals surface area contributed by atoms with Crippen molar-refractivity contribution in [1.29, 1.82) is 0 Å². The van der Waals surface area contributed by atoms with Gasteiger partial charge in [0.15, 0.2) is 0 Å². The van der Waals surface area contributed by atoms with Gasteiger partial charge in [-0.15, -0.1) is 0 Å². The first-order chi connectivity index (χ1) is 10.8. The summed E-state index contributed by atoms with van der Waals surface area (Å²) >= 11 is 0.980. The fourth-order valence-electron chi connectivity index (χ4n) is 3.95. The molecule has 0 spiro atoms. The molecule has 3 nitrogen and oxygen atoms in total. The molecule has 2 unspecified atom stereocenters. The predicted octanol–water partition coefficient (Wildman–Crippen LogP) is 1.25. The molecule has 1 aromatic carbocycles.